The molecule has 1 heteroatoms. The lowest BCUT2D eigenvalue weighted by Crippen LogP contribution is -2.01. The van der Waals surface area contributed by atoms with Crippen molar-refractivity contribution in [1.29, 1.82) is 0 Å². The smallest absolute Gasteiger partial charge is 0.00893 e. The molecule has 0 atom stereocenters. The standard InChI is InChI=1S/C22H31N/c23-19-13-5-3-1-2-4-12-18-22(20-14-8-6-9-15-20)21-16-10-7-11-17-21/h6-11,14-17,22H,1-5,12-13,18-19,23H2. The summed E-state index contributed by atoms with van der Waals surface area (Å²) in [5.41, 5.74) is 8.43. The molecule has 0 heterocycles. The average Bonchev–Trinajstić information content (AvgIpc) is 2.62. The van der Waals surface area contributed by atoms with Crippen LogP contribution in [0.5, 0.6) is 0 Å². The highest BCUT2D eigenvalue weighted by Gasteiger charge is 2.13. The predicted octanol–water partition coefficient (Wildman–Crippen LogP) is 5.90. The first-order valence-electron chi connectivity index (χ1n) is 9.22. The van der Waals surface area contributed by atoms with Gasteiger partial charge in [0.1, 0.15) is 0 Å². The summed E-state index contributed by atoms with van der Waals surface area (Å²) in [7, 11) is 0. The van der Waals surface area contributed by atoms with Crippen LogP contribution in [0.2, 0.25) is 0 Å². The van der Waals surface area contributed by atoms with E-state index in [1.54, 1.807) is 0 Å². The maximum absolute atomic E-state index is 5.53. The van der Waals surface area contributed by atoms with Crippen molar-refractivity contribution in [2.24, 2.45) is 5.73 Å². The average molecular weight is 309 g/mol. The van der Waals surface area contributed by atoms with Crippen molar-refractivity contribution in [3.63, 3.8) is 0 Å². The van der Waals surface area contributed by atoms with Crippen molar-refractivity contribution < 1.29 is 0 Å². The highest BCUT2D eigenvalue weighted by Crippen LogP contribution is 2.29. The molecule has 23 heavy (non-hydrogen) atoms. The van der Waals surface area contributed by atoms with E-state index in [2.05, 4.69) is 60.7 Å². The van der Waals surface area contributed by atoms with Gasteiger partial charge in [-0.1, -0.05) is 99.2 Å². The van der Waals surface area contributed by atoms with E-state index in [1.165, 1.54) is 62.5 Å². The molecule has 0 spiro atoms. The molecule has 2 aromatic rings. The van der Waals surface area contributed by atoms with Gasteiger partial charge in [-0.25, -0.2) is 0 Å². The summed E-state index contributed by atoms with van der Waals surface area (Å²) >= 11 is 0. The van der Waals surface area contributed by atoms with Gasteiger partial charge in [-0.05, 0) is 30.5 Å². The fraction of sp³-hybridized carbons (Fsp3) is 0.455. The van der Waals surface area contributed by atoms with Crippen LogP contribution in [-0.2, 0) is 0 Å². The molecule has 0 unspecified atom stereocenters. The van der Waals surface area contributed by atoms with E-state index in [4.69, 9.17) is 5.73 Å². The number of hydrogen-bond donors (Lipinski definition) is 1. The van der Waals surface area contributed by atoms with Crippen molar-refractivity contribution in [3.8, 4) is 0 Å². The molecule has 1 nitrogen and oxygen atoms in total. The molecule has 0 aliphatic carbocycles. The fourth-order valence-electron chi connectivity index (χ4n) is 3.27. The highest BCUT2D eigenvalue weighted by molar-refractivity contribution is 5.32. The van der Waals surface area contributed by atoms with Crippen LogP contribution in [0.1, 0.15) is 68.4 Å². The molecular weight excluding hydrogens is 278 g/mol. The summed E-state index contributed by atoms with van der Waals surface area (Å²) in [6.07, 6.45) is 10.5. The summed E-state index contributed by atoms with van der Waals surface area (Å²) < 4.78 is 0. The third kappa shape index (κ3) is 6.58. The second-order valence-electron chi connectivity index (χ2n) is 6.43. The van der Waals surface area contributed by atoms with Crippen molar-refractivity contribution in [1.82, 2.24) is 0 Å². The molecule has 0 amide bonds. The SMILES string of the molecule is NCCCCCCCCCC(c1ccccc1)c1ccccc1. The highest BCUT2D eigenvalue weighted by atomic mass is 14.5. The molecule has 0 aromatic heterocycles. The van der Waals surface area contributed by atoms with Gasteiger partial charge < -0.3 is 5.73 Å². The molecule has 0 aliphatic rings. The maximum atomic E-state index is 5.53. The minimum absolute atomic E-state index is 0.537. The third-order valence-electron chi connectivity index (χ3n) is 4.60. The molecule has 0 fully saturated rings. The van der Waals surface area contributed by atoms with E-state index in [9.17, 15) is 0 Å². The van der Waals surface area contributed by atoms with Crippen molar-refractivity contribution in [2.45, 2.75) is 57.3 Å². The van der Waals surface area contributed by atoms with Gasteiger partial charge in [0.2, 0.25) is 0 Å². The van der Waals surface area contributed by atoms with E-state index in [0.29, 0.717) is 5.92 Å². The molecule has 0 saturated heterocycles. The van der Waals surface area contributed by atoms with Gasteiger partial charge in [-0.3, -0.25) is 0 Å². The number of nitrogens with two attached hydrogens (primary N) is 1. The first-order valence-corrected chi connectivity index (χ1v) is 9.22. The lowest BCUT2D eigenvalue weighted by molar-refractivity contribution is 0.555. The quantitative estimate of drug-likeness (QED) is 0.514. The number of benzene rings is 2. The monoisotopic (exact) mass is 309 g/mol. The zero-order chi connectivity index (χ0) is 16.2. The minimum Gasteiger partial charge on any atom is -0.330 e. The Morgan fingerprint density at radius 1 is 0.565 bits per heavy atom. The Hall–Kier alpha value is -1.60. The molecule has 2 N–H and O–H groups in total. The predicted molar refractivity (Wildman–Crippen MR) is 101 cm³/mol. The van der Waals surface area contributed by atoms with E-state index in [1.807, 2.05) is 0 Å². The number of rotatable bonds is 11. The van der Waals surface area contributed by atoms with Gasteiger partial charge in [-0.2, -0.15) is 0 Å². The Morgan fingerprint density at radius 3 is 1.48 bits per heavy atom. The van der Waals surface area contributed by atoms with Gasteiger partial charge in [0.25, 0.3) is 0 Å². The largest absolute Gasteiger partial charge is 0.330 e. The van der Waals surface area contributed by atoms with Crippen molar-refractivity contribution >= 4 is 0 Å². The Morgan fingerprint density at radius 2 is 1.00 bits per heavy atom. The van der Waals surface area contributed by atoms with Gasteiger partial charge in [0, 0.05) is 5.92 Å². The van der Waals surface area contributed by atoms with Crippen LogP contribution in [0, 0.1) is 0 Å². The van der Waals surface area contributed by atoms with E-state index >= 15 is 0 Å². The van der Waals surface area contributed by atoms with E-state index < -0.39 is 0 Å². The maximum Gasteiger partial charge on any atom is 0.00893 e. The van der Waals surface area contributed by atoms with Gasteiger partial charge in [0.05, 0.1) is 0 Å². The first-order chi connectivity index (χ1) is 11.4. The van der Waals surface area contributed by atoms with Crippen LogP contribution in [0.25, 0.3) is 0 Å². The van der Waals surface area contributed by atoms with Crippen molar-refractivity contribution in [3.05, 3.63) is 71.8 Å². The van der Waals surface area contributed by atoms with Crippen LogP contribution >= 0.6 is 0 Å². The zero-order valence-corrected chi connectivity index (χ0v) is 14.3. The topological polar surface area (TPSA) is 26.0 Å². The Labute approximate surface area is 141 Å². The Balaban J connectivity index is 1.80. The third-order valence-corrected chi connectivity index (χ3v) is 4.60. The number of unbranched alkanes of at least 4 members (excludes halogenated alkanes) is 6. The Bertz CT molecular complexity index is 467. The van der Waals surface area contributed by atoms with Crippen LogP contribution < -0.4 is 5.73 Å². The van der Waals surface area contributed by atoms with Crippen LogP contribution in [0.15, 0.2) is 60.7 Å². The van der Waals surface area contributed by atoms with E-state index in [-0.39, 0.29) is 0 Å². The van der Waals surface area contributed by atoms with Gasteiger partial charge >= 0.3 is 0 Å². The normalized spacial score (nSPS) is 11.0. The summed E-state index contributed by atoms with van der Waals surface area (Å²) in [6, 6.07) is 21.9. The lowest BCUT2D eigenvalue weighted by Gasteiger charge is -2.18. The van der Waals surface area contributed by atoms with Gasteiger partial charge in [0.15, 0.2) is 0 Å². The molecule has 0 radical (unpaired) electrons. The summed E-state index contributed by atoms with van der Waals surface area (Å²) in [5.74, 6) is 0.537. The summed E-state index contributed by atoms with van der Waals surface area (Å²) in [5, 5.41) is 0. The van der Waals surface area contributed by atoms with Crippen LogP contribution in [-0.4, -0.2) is 6.54 Å². The van der Waals surface area contributed by atoms with Crippen LogP contribution in [0.4, 0.5) is 0 Å². The summed E-state index contributed by atoms with van der Waals surface area (Å²) in [4.78, 5) is 0. The molecule has 0 aliphatic heterocycles. The second-order valence-corrected chi connectivity index (χ2v) is 6.43. The molecule has 0 saturated carbocycles. The molecule has 124 valence electrons. The summed E-state index contributed by atoms with van der Waals surface area (Å²) in [6.45, 7) is 0.843. The lowest BCUT2D eigenvalue weighted by atomic mass is 9.87. The first kappa shape index (κ1) is 17.7. The van der Waals surface area contributed by atoms with Gasteiger partial charge in [-0.15, -0.1) is 0 Å². The molecule has 2 aromatic carbocycles. The zero-order valence-electron chi connectivity index (χ0n) is 14.3. The van der Waals surface area contributed by atoms with Crippen molar-refractivity contribution in [2.75, 3.05) is 6.54 Å². The minimum atomic E-state index is 0.537. The Kier molecular flexibility index (Phi) is 8.50. The second kappa shape index (κ2) is 11.0. The molecule has 2 rings (SSSR count). The van der Waals surface area contributed by atoms with E-state index in [0.717, 1.165) is 6.54 Å². The number of hydrogen-bond acceptors (Lipinski definition) is 1. The fourth-order valence-corrected chi connectivity index (χ4v) is 3.27. The molecule has 0 bridgehead atoms. The molecular formula is C22H31N. The van der Waals surface area contributed by atoms with Crippen LogP contribution in [0.3, 0.4) is 0 Å².